The van der Waals surface area contributed by atoms with Crippen molar-refractivity contribution < 1.29 is 4.79 Å². The molecule has 9 heteroatoms. The first-order valence-electron chi connectivity index (χ1n) is 9.15. The third kappa shape index (κ3) is 4.68. The number of carbonyl (C=O) groups is 1. The lowest BCUT2D eigenvalue weighted by Crippen LogP contribution is -2.38. The van der Waals surface area contributed by atoms with Gasteiger partial charge in [0, 0.05) is 13.1 Å². The first kappa shape index (κ1) is 22.7. The highest BCUT2D eigenvalue weighted by atomic mass is 35.5. The summed E-state index contributed by atoms with van der Waals surface area (Å²) in [5.74, 6) is -0.0666. The van der Waals surface area contributed by atoms with Crippen LogP contribution in [0.3, 0.4) is 0 Å². The number of carbonyl (C=O) groups excluding carboxylic acids is 1. The molecule has 28 heavy (non-hydrogen) atoms. The molecule has 0 atom stereocenters. The van der Waals surface area contributed by atoms with Gasteiger partial charge in [-0.1, -0.05) is 35.7 Å². The number of halogens is 1. The number of rotatable bonds is 7. The van der Waals surface area contributed by atoms with Gasteiger partial charge in [-0.05, 0) is 62.6 Å². The van der Waals surface area contributed by atoms with E-state index in [1.807, 2.05) is 6.92 Å². The molecule has 0 spiro atoms. The fourth-order valence-corrected chi connectivity index (χ4v) is 4.74. The Morgan fingerprint density at radius 1 is 1.11 bits per heavy atom. The molecule has 1 amide bonds. The molecule has 0 saturated carbocycles. The molecule has 0 unspecified atom stereocenters. The highest BCUT2D eigenvalue weighted by Crippen LogP contribution is 2.33. The molecule has 3 rings (SSSR count). The second-order valence-electron chi connectivity index (χ2n) is 6.60. The third-order valence-corrected chi connectivity index (χ3v) is 6.71. The zero-order chi connectivity index (χ0) is 19.6. The van der Waals surface area contributed by atoms with Crippen LogP contribution in [0, 0.1) is 20.8 Å². The van der Waals surface area contributed by atoms with Crippen LogP contribution in [-0.2, 0) is 0 Å². The van der Waals surface area contributed by atoms with E-state index in [1.54, 1.807) is 16.2 Å². The molecule has 0 aliphatic carbocycles. The Morgan fingerprint density at radius 3 is 2.43 bits per heavy atom. The molecule has 0 radical (unpaired) electrons. The Hall–Kier alpha value is -1.61. The molecule has 0 fully saturated rings. The highest BCUT2D eigenvalue weighted by molar-refractivity contribution is 7.22. The number of benzene rings is 1. The van der Waals surface area contributed by atoms with Crippen LogP contribution < -0.4 is 4.90 Å². The van der Waals surface area contributed by atoms with E-state index in [1.165, 1.54) is 11.1 Å². The number of amides is 1. The van der Waals surface area contributed by atoms with Crippen LogP contribution in [0.5, 0.6) is 0 Å². The van der Waals surface area contributed by atoms with E-state index in [2.05, 4.69) is 54.3 Å². The smallest absolute Gasteiger partial charge is 0.273 e. The number of nitrogens with zero attached hydrogens (tertiary/aromatic N) is 5. The summed E-state index contributed by atoms with van der Waals surface area (Å²) in [6.07, 6.45) is 0. The molecule has 0 aliphatic rings. The minimum Gasteiger partial charge on any atom is -0.302 e. The van der Waals surface area contributed by atoms with E-state index in [4.69, 9.17) is 4.98 Å². The Balaban J connectivity index is 0.00000280. The van der Waals surface area contributed by atoms with Crippen molar-refractivity contribution in [2.45, 2.75) is 34.6 Å². The first-order valence-corrected chi connectivity index (χ1v) is 10.7. The van der Waals surface area contributed by atoms with E-state index < -0.39 is 0 Å². The largest absolute Gasteiger partial charge is 0.302 e. The van der Waals surface area contributed by atoms with Crippen LogP contribution in [0.1, 0.15) is 40.3 Å². The number of hydrogen-bond donors (Lipinski definition) is 0. The Labute approximate surface area is 180 Å². The topological polar surface area (TPSA) is 62.2 Å². The number of hydrogen-bond acceptors (Lipinski definition) is 7. The second kappa shape index (κ2) is 9.73. The van der Waals surface area contributed by atoms with Gasteiger partial charge < -0.3 is 4.90 Å². The van der Waals surface area contributed by atoms with Crippen LogP contribution in [-0.4, -0.2) is 51.6 Å². The lowest BCUT2D eigenvalue weighted by atomic mass is 10.1. The van der Waals surface area contributed by atoms with Crippen molar-refractivity contribution >= 4 is 56.5 Å². The van der Waals surface area contributed by atoms with E-state index in [-0.39, 0.29) is 18.3 Å². The molecule has 1 aromatic carbocycles. The maximum atomic E-state index is 13.2. The number of fused-ring (bicyclic) bond motifs is 1. The van der Waals surface area contributed by atoms with Gasteiger partial charge in [-0.3, -0.25) is 9.69 Å². The van der Waals surface area contributed by atoms with Gasteiger partial charge >= 0.3 is 0 Å². The number of anilines is 1. The molecule has 0 N–H and O–H groups in total. The Morgan fingerprint density at radius 2 is 1.82 bits per heavy atom. The first-order chi connectivity index (χ1) is 12.9. The maximum absolute atomic E-state index is 13.2. The summed E-state index contributed by atoms with van der Waals surface area (Å²) in [6.45, 7) is 13.6. The predicted octanol–water partition coefficient (Wildman–Crippen LogP) is 4.48. The summed E-state index contributed by atoms with van der Waals surface area (Å²) in [4.78, 5) is 22.7. The molecule has 0 saturated heterocycles. The monoisotopic (exact) mass is 439 g/mol. The van der Waals surface area contributed by atoms with Crippen molar-refractivity contribution in [1.29, 1.82) is 0 Å². The van der Waals surface area contributed by atoms with Crippen molar-refractivity contribution in [3.05, 3.63) is 33.8 Å². The van der Waals surface area contributed by atoms with Crippen LogP contribution in [0.2, 0.25) is 0 Å². The van der Waals surface area contributed by atoms with E-state index in [0.717, 1.165) is 46.5 Å². The van der Waals surface area contributed by atoms with Gasteiger partial charge in [0.15, 0.2) is 5.13 Å². The lowest BCUT2D eigenvalue weighted by molar-refractivity contribution is 0.0987. The van der Waals surface area contributed by atoms with E-state index >= 15 is 0 Å². The van der Waals surface area contributed by atoms with Crippen LogP contribution in [0.15, 0.2) is 12.1 Å². The zero-order valence-corrected chi connectivity index (χ0v) is 19.3. The van der Waals surface area contributed by atoms with Crippen LogP contribution >= 0.6 is 35.3 Å². The maximum Gasteiger partial charge on any atom is 0.273 e. The van der Waals surface area contributed by atoms with Gasteiger partial charge in [-0.25, -0.2) is 4.98 Å². The normalized spacial score (nSPS) is 11.1. The van der Waals surface area contributed by atoms with Gasteiger partial charge in [-0.15, -0.1) is 17.5 Å². The number of likely N-dealkylation sites (N-methyl/N-ethyl adjacent to an activating group) is 1. The molecular weight excluding hydrogens is 414 g/mol. The third-order valence-electron chi connectivity index (χ3n) is 4.66. The quantitative estimate of drug-likeness (QED) is 0.543. The summed E-state index contributed by atoms with van der Waals surface area (Å²) in [7, 11) is 0. The summed E-state index contributed by atoms with van der Waals surface area (Å²) < 4.78 is 5.07. The average molecular weight is 440 g/mol. The molecule has 2 heterocycles. The standard InChI is InChI=1S/C19H25N5OS2.ClH/c1-6-23(7-2)8-9-24(18(25)17-14(5)21-22-27-17)19-20-15-11-12(3)10-13(4)16(15)26-19;/h10-11H,6-9H2,1-5H3;1H. The Kier molecular flexibility index (Phi) is 7.88. The van der Waals surface area contributed by atoms with Crippen molar-refractivity contribution in [3.63, 3.8) is 0 Å². The molecule has 152 valence electrons. The SMILES string of the molecule is CCN(CC)CCN(C(=O)c1snnc1C)c1nc2cc(C)cc(C)c2s1.Cl. The highest BCUT2D eigenvalue weighted by Gasteiger charge is 2.25. The fraction of sp³-hybridized carbons (Fsp3) is 0.474. The molecule has 0 bridgehead atoms. The minimum absolute atomic E-state index is 0. The molecular formula is C19H26ClN5OS2. The van der Waals surface area contributed by atoms with E-state index in [9.17, 15) is 4.79 Å². The van der Waals surface area contributed by atoms with Crippen molar-refractivity contribution in [2.75, 3.05) is 31.1 Å². The van der Waals surface area contributed by atoms with Gasteiger partial charge in [0.25, 0.3) is 5.91 Å². The minimum atomic E-state index is -0.0666. The second-order valence-corrected chi connectivity index (χ2v) is 8.33. The molecule has 0 aliphatic heterocycles. The van der Waals surface area contributed by atoms with Crippen molar-refractivity contribution in [1.82, 2.24) is 19.5 Å². The molecule has 2 aromatic heterocycles. The number of aryl methyl sites for hydroxylation is 3. The van der Waals surface area contributed by atoms with Gasteiger partial charge in [0.2, 0.25) is 0 Å². The van der Waals surface area contributed by atoms with Gasteiger partial charge in [0.05, 0.1) is 15.9 Å². The Bertz CT molecular complexity index is 951. The van der Waals surface area contributed by atoms with Gasteiger partial charge in [-0.2, -0.15) is 0 Å². The van der Waals surface area contributed by atoms with E-state index in [0.29, 0.717) is 17.1 Å². The predicted molar refractivity (Wildman–Crippen MR) is 120 cm³/mol. The zero-order valence-electron chi connectivity index (χ0n) is 16.9. The number of aromatic nitrogens is 3. The summed E-state index contributed by atoms with van der Waals surface area (Å²) in [5, 5.41) is 4.74. The summed E-state index contributed by atoms with van der Waals surface area (Å²) >= 11 is 2.73. The lowest BCUT2D eigenvalue weighted by Gasteiger charge is -2.24. The van der Waals surface area contributed by atoms with Crippen LogP contribution in [0.4, 0.5) is 5.13 Å². The summed E-state index contributed by atoms with van der Waals surface area (Å²) in [5.41, 5.74) is 4.00. The summed E-state index contributed by atoms with van der Waals surface area (Å²) in [6, 6.07) is 4.23. The molecule has 3 aromatic rings. The fourth-order valence-electron chi connectivity index (χ4n) is 3.10. The van der Waals surface area contributed by atoms with Gasteiger partial charge in [0.1, 0.15) is 4.88 Å². The number of thiazole rings is 1. The average Bonchev–Trinajstić information content (AvgIpc) is 3.24. The van der Waals surface area contributed by atoms with Crippen molar-refractivity contribution in [2.24, 2.45) is 0 Å². The van der Waals surface area contributed by atoms with Crippen molar-refractivity contribution in [3.8, 4) is 0 Å². The molecule has 6 nitrogen and oxygen atoms in total. The van der Waals surface area contributed by atoms with Crippen LogP contribution in [0.25, 0.3) is 10.2 Å².